The zero-order valence-electron chi connectivity index (χ0n) is 22.0. The van der Waals surface area contributed by atoms with E-state index in [1.165, 1.54) is 59.1 Å². The highest BCUT2D eigenvalue weighted by Gasteiger charge is 2.18. The van der Waals surface area contributed by atoms with Gasteiger partial charge in [-0.2, -0.15) is 0 Å². The Morgan fingerprint density at radius 1 is 0.463 bits per heavy atom. The molecule has 0 N–H and O–H groups in total. The van der Waals surface area contributed by atoms with Gasteiger partial charge in [0.2, 0.25) is 0 Å². The summed E-state index contributed by atoms with van der Waals surface area (Å²) in [7, 11) is 0. The van der Waals surface area contributed by atoms with Crippen molar-refractivity contribution in [3.05, 3.63) is 140 Å². The van der Waals surface area contributed by atoms with Crippen molar-refractivity contribution >= 4 is 64.5 Å². The molecule has 3 aromatic heterocycles. The number of para-hydroxylation sites is 3. The van der Waals surface area contributed by atoms with Crippen LogP contribution in [0.25, 0.3) is 81.1 Å². The first-order valence-electron chi connectivity index (χ1n) is 13.9. The quantitative estimate of drug-likeness (QED) is 0.217. The fourth-order valence-corrected chi connectivity index (χ4v) is 7.46. The van der Waals surface area contributed by atoms with Crippen LogP contribution in [0.3, 0.4) is 0 Å². The number of aromatic nitrogens is 1. The van der Waals surface area contributed by atoms with Gasteiger partial charge in [0, 0.05) is 31.9 Å². The Morgan fingerprint density at radius 3 is 1.88 bits per heavy atom. The molecule has 9 aromatic rings. The highest BCUT2D eigenvalue weighted by atomic mass is 32.1. The molecule has 0 atom stereocenters. The smallest absolute Gasteiger partial charge is 0.135 e. The van der Waals surface area contributed by atoms with E-state index in [1.54, 1.807) is 0 Å². The van der Waals surface area contributed by atoms with Crippen molar-refractivity contribution in [2.45, 2.75) is 0 Å². The van der Waals surface area contributed by atoms with E-state index in [9.17, 15) is 0 Å². The second kappa shape index (κ2) is 8.69. The third-order valence-corrected chi connectivity index (χ3v) is 9.41. The lowest BCUT2D eigenvalue weighted by Gasteiger charge is -2.09. The van der Waals surface area contributed by atoms with Gasteiger partial charge in [-0.3, -0.25) is 0 Å². The van der Waals surface area contributed by atoms with Gasteiger partial charge in [-0.25, -0.2) is 0 Å². The number of hydrogen-bond acceptors (Lipinski definition) is 2. The minimum atomic E-state index is 0.926. The Hall–Kier alpha value is -5.12. The topological polar surface area (TPSA) is 18.1 Å². The van der Waals surface area contributed by atoms with Crippen molar-refractivity contribution in [2.75, 3.05) is 0 Å². The van der Waals surface area contributed by atoms with Crippen LogP contribution in [0, 0.1) is 0 Å². The number of fused-ring (bicyclic) bond motifs is 8. The summed E-state index contributed by atoms with van der Waals surface area (Å²) in [6, 6.07) is 50.0. The SMILES string of the molecule is c1ccc(-n2c3ccccc3c3sc4ccc(-c5ccc(-c6ccc7oc8ccccc8c7c6)cc5)cc4c32)cc1. The zero-order valence-corrected chi connectivity index (χ0v) is 22.9. The van der Waals surface area contributed by atoms with Crippen molar-refractivity contribution < 1.29 is 4.42 Å². The van der Waals surface area contributed by atoms with E-state index in [0.717, 1.165) is 21.9 Å². The summed E-state index contributed by atoms with van der Waals surface area (Å²) in [5, 5.41) is 4.91. The van der Waals surface area contributed by atoms with Crippen LogP contribution in [-0.2, 0) is 0 Å². The van der Waals surface area contributed by atoms with Crippen molar-refractivity contribution in [1.29, 1.82) is 0 Å². The Bertz CT molecular complexity index is 2410. The Morgan fingerprint density at radius 2 is 1.07 bits per heavy atom. The predicted molar refractivity (Wildman–Crippen MR) is 174 cm³/mol. The van der Waals surface area contributed by atoms with Gasteiger partial charge < -0.3 is 8.98 Å². The molecule has 6 aromatic carbocycles. The molecule has 192 valence electrons. The molecule has 0 unspecified atom stereocenters. The maximum absolute atomic E-state index is 6.03. The molecule has 0 bridgehead atoms. The molecule has 0 saturated heterocycles. The van der Waals surface area contributed by atoms with Gasteiger partial charge in [0.1, 0.15) is 11.2 Å². The average Bonchev–Trinajstić information content (AvgIpc) is 3.70. The number of rotatable bonds is 3. The van der Waals surface area contributed by atoms with Crippen LogP contribution in [0.2, 0.25) is 0 Å². The van der Waals surface area contributed by atoms with Gasteiger partial charge in [-0.15, -0.1) is 11.3 Å². The number of thiophene rings is 1. The number of furan rings is 1. The monoisotopic (exact) mass is 541 g/mol. The average molecular weight is 542 g/mol. The van der Waals surface area contributed by atoms with E-state index in [0.29, 0.717) is 0 Å². The molecular weight excluding hydrogens is 518 g/mol. The second-order valence-electron chi connectivity index (χ2n) is 10.6. The van der Waals surface area contributed by atoms with Gasteiger partial charge in [0.15, 0.2) is 0 Å². The van der Waals surface area contributed by atoms with Crippen LogP contribution < -0.4 is 0 Å². The van der Waals surface area contributed by atoms with E-state index in [1.807, 2.05) is 23.5 Å². The fraction of sp³-hybridized carbons (Fsp3) is 0. The molecule has 41 heavy (non-hydrogen) atoms. The summed E-state index contributed by atoms with van der Waals surface area (Å²) < 4.78 is 11.1. The molecule has 0 radical (unpaired) electrons. The van der Waals surface area contributed by atoms with Crippen LogP contribution in [0.4, 0.5) is 0 Å². The molecule has 0 fully saturated rings. The maximum Gasteiger partial charge on any atom is 0.135 e. The van der Waals surface area contributed by atoms with Crippen LogP contribution in [0.15, 0.2) is 144 Å². The van der Waals surface area contributed by atoms with Gasteiger partial charge in [0.05, 0.1) is 15.7 Å². The molecule has 9 rings (SSSR count). The van der Waals surface area contributed by atoms with E-state index in [-0.39, 0.29) is 0 Å². The molecule has 0 aliphatic heterocycles. The first-order chi connectivity index (χ1) is 20.3. The Labute approximate surface area is 240 Å². The molecular formula is C38H23NOS. The fourth-order valence-electron chi connectivity index (χ4n) is 6.26. The highest BCUT2D eigenvalue weighted by molar-refractivity contribution is 7.26. The van der Waals surface area contributed by atoms with Crippen molar-refractivity contribution in [3.63, 3.8) is 0 Å². The first-order valence-corrected chi connectivity index (χ1v) is 14.7. The van der Waals surface area contributed by atoms with Gasteiger partial charge in [-0.1, -0.05) is 91.0 Å². The molecule has 3 heteroatoms. The first kappa shape index (κ1) is 22.7. The van der Waals surface area contributed by atoms with E-state index >= 15 is 0 Å². The van der Waals surface area contributed by atoms with E-state index in [2.05, 4.69) is 132 Å². The van der Waals surface area contributed by atoms with Gasteiger partial charge in [0.25, 0.3) is 0 Å². The lowest BCUT2D eigenvalue weighted by Crippen LogP contribution is -1.92. The van der Waals surface area contributed by atoms with Crippen molar-refractivity contribution in [1.82, 2.24) is 4.57 Å². The summed E-state index contributed by atoms with van der Waals surface area (Å²) in [5.41, 5.74) is 10.4. The van der Waals surface area contributed by atoms with E-state index < -0.39 is 0 Å². The predicted octanol–water partition coefficient (Wildman–Crippen LogP) is 11.2. The summed E-state index contributed by atoms with van der Waals surface area (Å²) in [6.45, 7) is 0. The third kappa shape index (κ3) is 3.43. The van der Waals surface area contributed by atoms with Crippen molar-refractivity contribution in [2.24, 2.45) is 0 Å². The summed E-state index contributed by atoms with van der Waals surface area (Å²) in [5.74, 6) is 0. The maximum atomic E-state index is 6.03. The zero-order chi connectivity index (χ0) is 26.9. The summed E-state index contributed by atoms with van der Waals surface area (Å²) in [6.07, 6.45) is 0. The summed E-state index contributed by atoms with van der Waals surface area (Å²) >= 11 is 1.88. The molecule has 0 aliphatic rings. The number of benzene rings is 6. The number of nitrogens with zero attached hydrogens (tertiary/aromatic N) is 1. The Kier molecular flexibility index (Phi) is 4.80. The van der Waals surface area contributed by atoms with Gasteiger partial charge in [-0.05, 0) is 70.8 Å². The summed E-state index contributed by atoms with van der Waals surface area (Å²) in [4.78, 5) is 0. The minimum Gasteiger partial charge on any atom is -0.456 e. The molecule has 2 nitrogen and oxygen atoms in total. The van der Waals surface area contributed by atoms with Gasteiger partial charge >= 0.3 is 0 Å². The largest absolute Gasteiger partial charge is 0.456 e. The Balaban J connectivity index is 1.17. The standard InChI is InChI=1S/C38H23NOS/c1-2-8-28(9-3-1)39-33-12-6-4-11-30(33)38-37(39)32-23-27(19-21-36(32)41-38)25-16-14-24(15-17-25)26-18-20-35-31(22-26)29-10-5-7-13-34(29)40-35/h1-23H. The lowest BCUT2D eigenvalue weighted by molar-refractivity contribution is 0.669. The second-order valence-corrected chi connectivity index (χ2v) is 11.6. The van der Waals surface area contributed by atoms with Crippen LogP contribution in [0.1, 0.15) is 0 Å². The normalized spacial score (nSPS) is 11.9. The van der Waals surface area contributed by atoms with Crippen LogP contribution in [-0.4, -0.2) is 4.57 Å². The molecule has 0 saturated carbocycles. The molecule has 0 amide bonds. The number of hydrogen-bond donors (Lipinski definition) is 0. The van der Waals surface area contributed by atoms with E-state index in [4.69, 9.17) is 4.42 Å². The highest BCUT2D eigenvalue weighted by Crippen LogP contribution is 2.43. The molecule has 0 aliphatic carbocycles. The lowest BCUT2D eigenvalue weighted by atomic mass is 9.98. The van der Waals surface area contributed by atoms with Crippen molar-refractivity contribution in [3.8, 4) is 27.9 Å². The van der Waals surface area contributed by atoms with Crippen LogP contribution >= 0.6 is 11.3 Å². The third-order valence-electron chi connectivity index (χ3n) is 8.22. The molecule has 0 spiro atoms. The molecule has 3 heterocycles. The minimum absolute atomic E-state index is 0.926. The van der Waals surface area contributed by atoms with Crippen LogP contribution in [0.5, 0.6) is 0 Å².